The van der Waals surface area contributed by atoms with Gasteiger partial charge in [0.05, 0.1) is 11.1 Å². The summed E-state index contributed by atoms with van der Waals surface area (Å²) in [5.74, 6) is -0.461. The molecule has 0 unspecified atom stereocenters. The maximum Gasteiger partial charge on any atom is 0.417 e. The van der Waals surface area contributed by atoms with Crippen molar-refractivity contribution in [3.8, 4) is 0 Å². The molecule has 3 rings (SSSR count). The number of carbonyl (C=O) groups is 2. The van der Waals surface area contributed by atoms with Gasteiger partial charge in [-0.1, -0.05) is 23.2 Å². The van der Waals surface area contributed by atoms with Crippen LogP contribution >= 0.6 is 23.2 Å². The molecule has 23 heavy (non-hydrogen) atoms. The Balaban J connectivity index is 1.80. The van der Waals surface area contributed by atoms with Crippen molar-refractivity contribution in [3.05, 3.63) is 27.7 Å². The predicted molar refractivity (Wildman–Crippen MR) is 81.9 cm³/mol. The molecule has 0 bridgehead atoms. The summed E-state index contributed by atoms with van der Waals surface area (Å²) in [6, 6.07) is 2.27. The molecule has 0 N–H and O–H groups in total. The normalized spacial score (nSPS) is 19.9. The summed E-state index contributed by atoms with van der Waals surface area (Å²) in [6.07, 6.45) is -0.739. The summed E-state index contributed by atoms with van der Waals surface area (Å²) in [4.78, 5) is 23.9. The number of rotatable bonds is 3. The Morgan fingerprint density at radius 2 is 1.83 bits per heavy atom. The van der Waals surface area contributed by atoms with Crippen molar-refractivity contribution in [1.82, 2.24) is 9.21 Å². The number of ether oxygens (including phenoxy) is 1. The zero-order valence-electron chi connectivity index (χ0n) is 12.0. The van der Waals surface area contributed by atoms with Crippen molar-refractivity contribution >= 4 is 45.2 Å². The van der Waals surface area contributed by atoms with E-state index in [0.717, 1.165) is 9.21 Å². The maximum absolute atomic E-state index is 12.6. The van der Waals surface area contributed by atoms with Crippen molar-refractivity contribution in [1.29, 1.82) is 0 Å². The van der Waals surface area contributed by atoms with E-state index in [2.05, 4.69) is 4.74 Å². The Kier molecular flexibility index (Phi) is 4.04. The van der Waals surface area contributed by atoms with Crippen LogP contribution in [0.25, 0.3) is 0 Å². The number of aryl methyl sites for hydroxylation is 1. The monoisotopic (exact) mass is 378 g/mol. The summed E-state index contributed by atoms with van der Waals surface area (Å²) in [5.41, 5.74) is 0.588. The smallest absolute Gasteiger partial charge is 0.417 e. The molecule has 1 aromatic rings. The Bertz CT molecular complexity index is 789. The van der Waals surface area contributed by atoms with Gasteiger partial charge in [-0.25, -0.2) is 18.1 Å². The molecule has 2 saturated heterocycles. The van der Waals surface area contributed by atoms with Crippen molar-refractivity contribution in [2.45, 2.75) is 17.9 Å². The minimum atomic E-state index is -3.82. The van der Waals surface area contributed by atoms with E-state index in [1.807, 2.05) is 0 Å². The van der Waals surface area contributed by atoms with Crippen LogP contribution in [-0.4, -0.2) is 55.4 Å². The second-order valence-corrected chi connectivity index (χ2v) is 8.05. The van der Waals surface area contributed by atoms with E-state index in [4.69, 9.17) is 23.2 Å². The summed E-state index contributed by atoms with van der Waals surface area (Å²) in [5, 5.41) is 0.404. The number of halogens is 2. The molecule has 1 aromatic carbocycles. The van der Waals surface area contributed by atoms with Gasteiger partial charge in [0.1, 0.15) is 4.90 Å². The van der Waals surface area contributed by atoms with Crippen LogP contribution in [0.2, 0.25) is 10.0 Å². The largest absolute Gasteiger partial charge is 0.439 e. The Morgan fingerprint density at radius 3 is 2.39 bits per heavy atom. The lowest BCUT2D eigenvalue weighted by molar-refractivity contribution is -0.128. The van der Waals surface area contributed by atoms with Crippen molar-refractivity contribution in [2.24, 2.45) is 0 Å². The summed E-state index contributed by atoms with van der Waals surface area (Å²) in [7, 11) is -3.82. The Labute approximate surface area is 142 Å². The molecular formula is C13H12Cl2N2O5S. The van der Waals surface area contributed by atoms with Crippen LogP contribution in [-0.2, 0) is 19.6 Å². The number of sulfonamides is 1. The van der Waals surface area contributed by atoms with Gasteiger partial charge in [-0.2, -0.15) is 4.31 Å². The van der Waals surface area contributed by atoms with E-state index >= 15 is 0 Å². The third-order valence-corrected chi connectivity index (χ3v) is 6.51. The highest BCUT2D eigenvalue weighted by atomic mass is 35.5. The fourth-order valence-corrected chi connectivity index (χ4v) is 4.78. The summed E-state index contributed by atoms with van der Waals surface area (Å²) >= 11 is 11.9. The quantitative estimate of drug-likeness (QED) is 0.798. The first-order valence-electron chi connectivity index (χ1n) is 6.66. The predicted octanol–water partition coefficient (Wildman–Crippen LogP) is 1.65. The van der Waals surface area contributed by atoms with Gasteiger partial charge < -0.3 is 4.74 Å². The SMILES string of the molecule is Cc1cc(S(=O)(=O)N2CC(N3C(=O)COC3=O)C2)c(Cl)cc1Cl. The van der Waals surface area contributed by atoms with Crippen molar-refractivity contribution < 1.29 is 22.7 Å². The molecule has 0 aromatic heterocycles. The first kappa shape index (κ1) is 16.5. The summed E-state index contributed by atoms with van der Waals surface area (Å²) < 4.78 is 31.0. The minimum absolute atomic E-state index is 0.0151. The van der Waals surface area contributed by atoms with Gasteiger partial charge >= 0.3 is 6.09 Å². The number of nitrogens with zero attached hydrogens (tertiary/aromatic N) is 2. The highest BCUT2D eigenvalue weighted by Crippen LogP contribution is 2.33. The van der Waals surface area contributed by atoms with E-state index in [0.29, 0.717) is 10.6 Å². The number of amides is 2. The maximum atomic E-state index is 12.6. The fourth-order valence-electron chi connectivity index (χ4n) is 2.46. The average molecular weight is 379 g/mol. The number of cyclic esters (lactones) is 1. The molecule has 124 valence electrons. The molecule has 2 heterocycles. The molecule has 7 nitrogen and oxygen atoms in total. The van der Waals surface area contributed by atoms with Crippen molar-refractivity contribution in [2.75, 3.05) is 19.7 Å². The number of hydrogen-bond acceptors (Lipinski definition) is 5. The average Bonchev–Trinajstić information content (AvgIpc) is 2.73. The van der Waals surface area contributed by atoms with E-state index in [9.17, 15) is 18.0 Å². The third-order valence-electron chi connectivity index (χ3n) is 3.81. The molecule has 10 heteroatoms. The van der Waals surface area contributed by atoms with Crippen LogP contribution in [0.4, 0.5) is 4.79 Å². The lowest BCUT2D eigenvalue weighted by Crippen LogP contribution is -2.62. The van der Waals surface area contributed by atoms with Gasteiger partial charge in [0, 0.05) is 18.1 Å². The Hall–Kier alpha value is -1.35. The van der Waals surface area contributed by atoms with Crippen LogP contribution < -0.4 is 0 Å². The first-order valence-corrected chi connectivity index (χ1v) is 8.86. The zero-order valence-corrected chi connectivity index (χ0v) is 14.3. The number of imide groups is 1. The number of benzene rings is 1. The molecule has 2 fully saturated rings. The van der Waals surface area contributed by atoms with Gasteiger partial charge in [0.15, 0.2) is 6.61 Å². The molecular weight excluding hydrogens is 367 g/mol. The topological polar surface area (TPSA) is 84.0 Å². The second-order valence-electron chi connectivity index (χ2n) is 5.33. The summed E-state index contributed by atoms with van der Waals surface area (Å²) in [6.45, 7) is 1.40. The lowest BCUT2D eigenvalue weighted by atomic mass is 10.1. The minimum Gasteiger partial charge on any atom is -0.439 e. The molecule has 2 aliphatic heterocycles. The van der Waals surface area contributed by atoms with Crippen LogP contribution in [0, 0.1) is 6.92 Å². The highest BCUT2D eigenvalue weighted by Gasteiger charge is 2.47. The number of carbonyl (C=O) groups excluding carboxylic acids is 2. The molecule has 0 radical (unpaired) electrons. The standard InChI is InChI=1S/C13H12Cl2N2O5S/c1-7-2-11(10(15)3-9(7)14)23(20,21)16-4-8(5-16)17-12(18)6-22-13(17)19/h2-3,8H,4-6H2,1H3. The molecule has 0 atom stereocenters. The van der Waals surface area contributed by atoms with Gasteiger partial charge in [-0.3, -0.25) is 4.79 Å². The van der Waals surface area contributed by atoms with Crippen LogP contribution in [0.5, 0.6) is 0 Å². The van der Waals surface area contributed by atoms with Crippen molar-refractivity contribution in [3.63, 3.8) is 0 Å². The van der Waals surface area contributed by atoms with Gasteiger partial charge in [-0.15, -0.1) is 0 Å². The molecule has 0 spiro atoms. The van der Waals surface area contributed by atoms with E-state index in [1.54, 1.807) is 6.92 Å². The van der Waals surface area contributed by atoms with Gasteiger partial charge in [-0.05, 0) is 24.6 Å². The third kappa shape index (κ3) is 2.69. The first-order chi connectivity index (χ1) is 10.7. The second kappa shape index (κ2) is 5.62. The van der Waals surface area contributed by atoms with Crippen LogP contribution in [0.3, 0.4) is 0 Å². The molecule has 2 amide bonds. The van der Waals surface area contributed by atoms with E-state index in [-0.39, 0.29) is 29.6 Å². The van der Waals surface area contributed by atoms with Gasteiger partial charge in [0.25, 0.3) is 5.91 Å². The van der Waals surface area contributed by atoms with E-state index in [1.165, 1.54) is 12.1 Å². The number of hydrogen-bond donors (Lipinski definition) is 0. The molecule has 2 aliphatic rings. The molecule has 0 saturated carbocycles. The molecule has 0 aliphatic carbocycles. The van der Waals surface area contributed by atoms with Crippen LogP contribution in [0.15, 0.2) is 17.0 Å². The van der Waals surface area contributed by atoms with Gasteiger partial charge in [0.2, 0.25) is 10.0 Å². The van der Waals surface area contributed by atoms with Crippen LogP contribution in [0.1, 0.15) is 5.56 Å². The van der Waals surface area contributed by atoms with E-state index < -0.39 is 28.1 Å². The fraction of sp³-hybridized carbons (Fsp3) is 0.385. The zero-order chi connectivity index (χ0) is 16.9. The lowest BCUT2D eigenvalue weighted by Gasteiger charge is -2.40. The highest BCUT2D eigenvalue weighted by molar-refractivity contribution is 7.89. The Morgan fingerprint density at radius 1 is 1.17 bits per heavy atom.